The molecule has 0 unspecified atom stereocenters. The molecular formula is C16H20FNO3. The smallest absolute Gasteiger partial charge is 0.307 e. The van der Waals surface area contributed by atoms with Gasteiger partial charge in [-0.3, -0.25) is 9.59 Å². The van der Waals surface area contributed by atoms with Crippen LogP contribution in [-0.2, 0) is 16.0 Å². The Labute approximate surface area is 123 Å². The maximum absolute atomic E-state index is 13.4. The van der Waals surface area contributed by atoms with Gasteiger partial charge in [-0.1, -0.05) is 31.0 Å². The number of halogens is 1. The molecule has 0 spiro atoms. The lowest BCUT2D eigenvalue weighted by Crippen LogP contribution is -2.40. The van der Waals surface area contributed by atoms with Crippen LogP contribution in [0.25, 0.3) is 0 Å². The molecule has 0 saturated heterocycles. The number of aliphatic carboxylic acids is 1. The van der Waals surface area contributed by atoms with Gasteiger partial charge in [-0.25, -0.2) is 4.39 Å². The van der Waals surface area contributed by atoms with Gasteiger partial charge in [-0.05, 0) is 30.9 Å². The molecule has 114 valence electrons. The van der Waals surface area contributed by atoms with Crippen LogP contribution in [0, 0.1) is 17.7 Å². The number of benzene rings is 1. The molecule has 1 aromatic rings. The summed E-state index contributed by atoms with van der Waals surface area (Å²) in [7, 11) is 0. The van der Waals surface area contributed by atoms with Gasteiger partial charge in [-0.15, -0.1) is 0 Å². The van der Waals surface area contributed by atoms with E-state index in [4.69, 9.17) is 5.11 Å². The second-order valence-electron chi connectivity index (χ2n) is 5.47. The standard InChI is InChI=1S/C16H20FNO3/c17-14-8-4-1-5-11(14)9-10-18-15(19)12-6-2-3-7-13(12)16(20)21/h1,4-5,8,12-13H,2-3,6-7,9-10H2,(H,18,19)(H,20,21)/t12-,13+/m1/s1. The number of hydrogen-bond donors (Lipinski definition) is 2. The van der Waals surface area contributed by atoms with E-state index in [1.165, 1.54) is 6.07 Å². The van der Waals surface area contributed by atoms with E-state index in [1.807, 2.05) is 0 Å². The van der Waals surface area contributed by atoms with E-state index in [2.05, 4.69) is 5.32 Å². The lowest BCUT2D eigenvalue weighted by atomic mass is 9.78. The minimum atomic E-state index is -0.899. The van der Waals surface area contributed by atoms with Crippen LogP contribution in [-0.4, -0.2) is 23.5 Å². The molecule has 1 aliphatic rings. The van der Waals surface area contributed by atoms with E-state index in [0.29, 0.717) is 31.4 Å². The highest BCUT2D eigenvalue weighted by atomic mass is 19.1. The number of rotatable bonds is 5. The van der Waals surface area contributed by atoms with E-state index >= 15 is 0 Å². The van der Waals surface area contributed by atoms with Gasteiger partial charge in [-0.2, -0.15) is 0 Å². The van der Waals surface area contributed by atoms with Crippen molar-refractivity contribution in [2.75, 3.05) is 6.54 Å². The Bertz CT molecular complexity index is 518. The summed E-state index contributed by atoms with van der Waals surface area (Å²) >= 11 is 0. The van der Waals surface area contributed by atoms with E-state index < -0.39 is 17.8 Å². The van der Waals surface area contributed by atoms with Crippen molar-refractivity contribution >= 4 is 11.9 Å². The summed E-state index contributed by atoms with van der Waals surface area (Å²) in [4.78, 5) is 23.3. The zero-order valence-electron chi connectivity index (χ0n) is 11.8. The Balaban J connectivity index is 1.86. The minimum Gasteiger partial charge on any atom is -0.481 e. The molecular weight excluding hydrogens is 273 g/mol. The molecule has 1 fully saturated rings. The highest BCUT2D eigenvalue weighted by Crippen LogP contribution is 2.30. The molecule has 1 amide bonds. The molecule has 1 saturated carbocycles. The van der Waals surface area contributed by atoms with Crippen molar-refractivity contribution in [3.63, 3.8) is 0 Å². The maximum Gasteiger partial charge on any atom is 0.307 e. The fourth-order valence-electron chi connectivity index (χ4n) is 2.89. The van der Waals surface area contributed by atoms with Crippen LogP contribution in [0.1, 0.15) is 31.2 Å². The van der Waals surface area contributed by atoms with Crippen molar-refractivity contribution in [3.8, 4) is 0 Å². The first-order valence-electron chi connectivity index (χ1n) is 7.33. The molecule has 1 aliphatic carbocycles. The third kappa shape index (κ3) is 4.03. The molecule has 2 atom stereocenters. The van der Waals surface area contributed by atoms with E-state index in [0.717, 1.165) is 12.8 Å². The highest BCUT2D eigenvalue weighted by Gasteiger charge is 2.35. The van der Waals surface area contributed by atoms with Crippen LogP contribution in [0.15, 0.2) is 24.3 Å². The van der Waals surface area contributed by atoms with Crippen LogP contribution in [0.4, 0.5) is 4.39 Å². The van der Waals surface area contributed by atoms with Crippen molar-refractivity contribution in [2.45, 2.75) is 32.1 Å². The molecule has 2 rings (SSSR count). The lowest BCUT2D eigenvalue weighted by molar-refractivity contribution is -0.148. The van der Waals surface area contributed by atoms with Crippen LogP contribution < -0.4 is 5.32 Å². The molecule has 0 aromatic heterocycles. The molecule has 2 N–H and O–H groups in total. The average molecular weight is 293 g/mol. The van der Waals surface area contributed by atoms with Gasteiger partial charge in [0.1, 0.15) is 5.82 Å². The molecule has 0 bridgehead atoms. The number of nitrogens with one attached hydrogen (secondary N) is 1. The zero-order chi connectivity index (χ0) is 15.2. The monoisotopic (exact) mass is 293 g/mol. The predicted octanol–water partition coefficient (Wildman–Crippen LogP) is 2.38. The van der Waals surface area contributed by atoms with Crippen molar-refractivity contribution in [1.29, 1.82) is 0 Å². The second-order valence-corrected chi connectivity index (χ2v) is 5.47. The van der Waals surface area contributed by atoms with Gasteiger partial charge < -0.3 is 10.4 Å². The number of amides is 1. The summed E-state index contributed by atoms with van der Waals surface area (Å²) in [6.45, 7) is 0.322. The largest absolute Gasteiger partial charge is 0.481 e. The molecule has 5 heteroatoms. The second kappa shape index (κ2) is 7.20. The summed E-state index contributed by atoms with van der Waals surface area (Å²) in [5.41, 5.74) is 0.552. The zero-order valence-corrected chi connectivity index (χ0v) is 11.8. The number of carbonyl (C=O) groups is 2. The Kier molecular flexibility index (Phi) is 5.31. The Morgan fingerprint density at radius 3 is 2.52 bits per heavy atom. The van der Waals surface area contributed by atoms with Gasteiger partial charge in [0.2, 0.25) is 5.91 Å². The number of carbonyl (C=O) groups excluding carboxylic acids is 1. The number of hydrogen-bond acceptors (Lipinski definition) is 2. The molecule has 0 aliphatic heterocycles. The summed E-state index contributed by atoms with van der Waals surface area (Å²) < 4.78 is 13.4. The fourth-order valence-corrected chi connectivity index (χ4v) is 2.89. The van der Waals surface area contributed by atoms with Crippen LogP contribution in [0.2, 0.25) is 0 Å². The van der Waals surface area contributed by atoms with Crippen LogP contribution in [0.5, 0.6) is 0 Å². The molecule has 1 aromatic carbocycles. The lowest BCUT2D eigenvalue weighted by Gasteiger charge is -2.27. The van der Waals surface area contributed by atoms with Gasteiger partial charge >= 0.3 is 5.97 Å². The van der Waals surface area contributed by atoms with E-state index in [1.54, 1.807) is 18.2 Å². The van der Waals surface area contributed by atoms with Gasteiger partial charge in [0.25, 0.3) is 0 Å². The van der Waals surface area contributed by atoms with E-state index in [-0.39, 0.29) is 11.7 Å². The molecule has 0 radical (unpaired) electrons. The van der Waals surface area contributed by atoms with Gasteiger partial charge in [0, 0.05) is 6.54 Å². The first-order valence-corrected chi connectivity index (χ1v) is 7.33. The van der Waals surface area contributed by atoms with Crippen LogP contribution in [0.3, 0.4) is 0 Å². The van der Waals surface area contributed by atoms with Gasteiger partial charge in [0.05, 0.1) is 11.8 Å². The summed E-state index contributed by atoms with van der Waals surface area (Å²) in [6.07, 6.45) is 3.32. The predicted molar refractivity (Wildman–Crippen MR) is 76.2 cm³/mol. The summed E-state index contributed by atoms with van der Waals surface area (Å²) in [5.74, 6) is -2.46. The van der Waals surface area contributed by atoms with Crippen LogP contribution >= 0.6 is 0 Å². The topological polar surface area (TPSA) is 66.4 Å². The Morgan fingerprint density at radius 1 is 1.19 bits per heavy atom. The average Bonchev–Trinajstić information content (AvgIpc) is 2.49. The molecule has 4 nitrogen and oxygen atoms in total. The van der Waals surface area contributed by atoms with Gasteiger partial charge in [0.15, 0.2) is 0 Å². The first kappa shape index (κ1) is 15.5. The highest BCUT2D eigenvalue weighted by molar-refractivity contribution is 5.84. The molecule has 0 heterocycles. The third-order valence-electron chi connectivity index (χ3n) is 4.07. The van der Waals surface area contributed by atoms with Crippen molar-refractivity contribution in [1.82, 2.24) is 5.32 Å². The first-order chi connectivity index (χ1) is 10.1. The fraction of sp³-hybridized carbons (Fsp3) is 0.500. The minimum absolute atomic E-state index is 0.224. The van der Waals surface area contributed by atoms with Crippen molar-refractivity contribution in [2.24, 2.45) is 11.8 Å². The summed E-state index contributed by atoms with van der Waals surface area (Å²) in [5, 5.41) is 11.9. The maximum atomic E-state index is 13.4. The van der Waals surface area contributed by atoms with Crippen molar-refractivity contribution in [3.05, 3.63) is 35.6 Å². The number of carboxylic acids is 1. The quantitative estimate of drug-likeness (QED) is 0.876. The van der Waals surface area contributed by atoms with E-state index in [9.17, 15) is 14.0 Å². The number of carboxylic acid groups (broad SMARTS) is 1. The Morgan fingerprint density at radius 2 is 1.86 bits per heavy atom. The Hall–Kier alpha value is -1.91. The normalized spacial score (nSPS) is 21.8. The third-order valence-corrected chi connectivity index (χ3v) is 4.07. The SMILES string of the molecule is O=C(O)[C@H]1CCCC[C@H]1C(=O)NCCc1ccccc1F. The summed E-state index contributed by atoms with van der Waals surface area (Å²) in [6, 6.07) is 6.44. The van der Waals surface area contributed by atoms with Crippen molar-refractivity contribution < 1.29 is 19.1 Å². The molecule has 21 heavy (non-hydrogen) atoms.